The number of hydrogen-bond donors (Lipinski definition) is 0. The lowest BCUT2D eigenvalue weighted by molar-refractivity contribution is -0.196. The van der Waals surface area contributed by atoms with Gasteiger partial charge in [0.2, 0.25) is 4.83 Å². The number of carbonyl (C=O) groups is 2. The van der Waals surface area contributed by atoms with E-state index in [0.29, 0.717) is 11.5 Å². The van der Waals surface area contributed by atoms with Crippen molar-refractivity contribution in [1.29, 1.82) is 0 Å². The molecule has 2 rings (SSSR count). The van der Waals surface area contributed by atoms with Gasteiger partial charge < -0.3 is 9.57 Å². The summed E-state index contributed by atoms with van der Waals surface area (Å²) in [7, 11) is 0. The van der Waals surface area contributed by atoms with E-state index in [0.717, 1.165) is 5.56 Å². The molecule has 0 saturated carbocycles. The number of ether oxygens (including phenoxy) is 1. The molecule has 1 aliphatic heterocycles. The second-order valence-electron chi connectivity index (χ2n) is 4.56. The van der Waals surface area contributed by atoms with E-state index in [4.69, 9.17) is 4.74 Å². The van der Waals surface area contributed by atoms with E-state index >= 15 is 0 Å². The van der Waals surface area contributed by atoms with Gasteiger partial charge in [0.25, 0.3) is 0 Å². The first-order valence-electron chi connectivity index (χ1n) is 6.21. The van der Waals surface area contributed by atoms with Crippen LogP contribution in [-0.4, -0.2) is 40.8 Å². The van der Waals surface area contributed by atoms with Crippen LogP contribution in [0, 0.1) is 0 Å². The van der Waals surface area contributed by atoms with Gasteiger partial charge in [-0.2, -0.15) is 13.2 Å². The van der Waals surface area contributed by atoms with Crippen molar-refractivity contribution < 1.29 is 32.3 Å². The minimum atomic E-state index is -4.81. The van der Waals surface area contributed by atoms with Gasteiger partial charge in [0, 0.05) is 0 Å². The van der Waals surface area contributed by atoms with Gasteiger partial charge in [0.1, 0.15) is 12.6 Å². The Morgan fingerprint density at radius 1 is 1.41 bits per heavy atom. The third-order valence-corrected chi connectivity index (χ3v) is 3.80. The Hall–Kier alpha value is -1.77. The highest BCUT2D eigenvalue weighted by Crippen LogP contribution is 2.28. The topological polar surface area (TPSA) is 55.8 Å². The predicted octanol–water partition coefficient (Wildman–Crippen LogP) is 2.83. The highest BCUT2D eigenvalue weighted by atomic mass is 79.9. The number of halogens is 4. The first-order chi connectivity index (χ1) is 10.3. The summed E-state index contributed by atoms with van der Waals surface area (Å²) in [6.07, 6.45) is -5.51. The summed E-state index contributed by atoms with van der Waals surface area (Å²) in [4.78, 5) is 25.0. The zero-order valence-corrected chi connectivity index (χ0v) is 12.6. The molecule has 22 heavy (non-hydrogen) atoms. The van der Waals surface area contributed by atoms with E-state index in [1.807, 2.05) is 0 Å². The molecule has 1 amide bonds. The Morgan fingerprint density at radius 2 is 2.05 bits per heavy atom. The van der Waals surface area contributed by atoms with Crippen LogP contribution in [0.1, 0.15) is 5.56 Å². The Labute approximate surface area is 132 Å². The summed E-state index contributed by atoms with van der Waals surface area (Å²) >= 11 is 2.20. The van der Waals surface area contributed by atoms with Crippen molar-refractivity contribution in [2.24, 2.45) is 0 Å². The molecule has 5 nitrogen and oxygen atoms in total. The average Bonchev–Trinajstić information content (AvgIpc) is 2.79. The lowest BCUT2D eigenvalue weighted by Crippen LogP contribution is -2.42. The lowest BCUT2D eigenvalue weighted by atomic mass is 10.1. The van der Waals surface area contributed by atoms with E-state index < -0.39 is 29.1 Å². The van der Waals surface area contributed by atoms with Crippen molar-refractivity contribution >= 4 is 28.0 Å². The minimum Gasteiger partial charge on any atom is -0.445 e. The molecule has 2 atom stereocenters. The molecule has 0 N–H and O–H groups in total. The number of carbonyl (C=O) groups excluding carboxylic acids is 2. The molecule has 1 heterocycles. The van der Waals surface area contributed by atoms with Gasteiger partial charge in [-0.05, 0) is 12.0 Å². The normalized spacial score (nSPS) is 19.7. The molecule has 1 saturated heterocycles. The second-order valence-corrected chi connectivity index (χ2v) is 5.48. The third kappa shape index (κ3) is 3.90. The fraction of sp³-hybridized carbons (Fsp3) is 0.385. The molecule has 0 bridgehead atoms. The highest BCUT2D eigenvalue weighted by Gasteiger charge is 2.47. The first kappa shape index (κ1) is 16.6. The Kier molecular flexibility index (Phi) is 4.94. The van der Waals surface area contributed by atoms with Gasteiger partial charge in [-0.3, -0.25) is 0 Å². The molecular formula is C13H11BrF3NO4. The molecular weight excluding hydrogens is 371 g/mol. The molecule has 0 radical (unpaired) electrons. The van der Waals surface area contributed by atoms with Gasteiger partial charge in [-0.25, -0.2) is 9.59 Å². The Balaban J connectivity index is 2.04. The van der Waals surface area contributed by atoms with E-state index in [1.54, 1.807) is 30.3 Å². The zero-order valence-electron chi connectivity index (χ0n) is 11.0. The maximum atomic E-state index is 12.4. The van der Waals surface area contributed by atoms with Gasteiger partial charge in [-0.15, -0.1) is 5.06 Å². The zero-order chi connectivity index (χ0) is 16.3. The standard InChI is InChI=1S/C13H11BrF3NO4/c14-10(13(15,16)17)11(19)22-18-9(7-21-12(18)20)6-8-4-2-1-3-5-8/h1-5,9-10H,6-7H2/t9-,10?/m0/s1. The van der Waals surface area contributed by atoms with Crippen LogP contribution in [0.5, 0.6) is 0 Å². The average molecular weight is 382 g/mol. The number of amides is 1. The SMILES string of the molecule is O=C(ON1C(=O)OC[C@@H]1Cc1ccccc1)C(Br)C(F)(F)F. The summed E-state index contributed by atoms with van der Waals surface area (Å²) < 4.78 is 42.0. The van der Waals surface area contributed by atoms with Gasteiger partial charge in [0.15, 0.2) is 0 Å². The maximum Gasteiger partial charge on any atom is 0.443 e. The fourth-order valence-corrected chi connectivity index (χ4v) is 1.95. The summed E-state index contributed by atoms with van der Waals surface area (Å²) in [5, 5.41) is 0.551. The second kappa shape index (κ2) is 6.55. The number of benzene rings is 1. The molecule has 1 aromatic carbocycles. The molecule has 1 fully saturated rings. The molecule has 120 valence electrons. The Bertz CT molecular complexity index is 552. The van der Waals surface area contributed by atoms with Crippen molar-refractivity contribution in [3.8, 4) is 0 Å². The summed E-state index contributed by atoms with van der Waals surface area (Å²) in [5.41, 5.74) is 0.832. The summed E-state index contributed by atoms with van der Waals surface area (Å²) in [6, 6.07) is 8.25. The molecule has 0 aromatic heterocycles. The Morgan fingerprint density at radius 3 is 2.64 bits per heavy atom. The quantitative estimate of drug-likeness (QED) is 0.752. The van der Waals surface area contributed by atoms with Crippen LogP contribution in [0.4, 0.5) is 18.0 Å². The van der Waals surface area contributed by atoms with Gasteiger partial charge in [-0.1, -0.05) is 46.3 Å². The van der Waals surface area contributed by atoms with Crippen molar-refractivity contribution in [2.45, 2.75) is 23.5 Å². The smallest absolute Gasteiger partial charge is 0.443 e. The van der Waals surface area contributed by atoms with E-state index in [-0.39, 0.29) is 6.61 Å². The van der Waals surface area contributed by atoms with Crippen LogP contribution in [0.15, 0.2) is 30.3 Å². The van der Waals surface area contributed by atoms with Crippen LogP contribution in [-0.2, 0) is 20.8 Å². The number of hydroxylamine groups is 2. The van der Waals surface area contributed by atoms with Gasteiger partial charge >= 0.3 is 18.2 Å². The summed E-state index contributed by atoms with van der Waals surface area (Å²) in [5.74, 6) is -1.62. The van der Waals surface area contributed by atoms with E-state index in [2.05, 4.69) is 20.8 Å². The number of alkyl halides is 4. The summed E-state index contributed by atoms with van der Waals surface area (Å²) in [6.45, 7) is -0.0695. The maximum absolute atomic E-state index is 12.4. The number of hydrogen-bond acceptors (Lipinski definition) is 4. The molecule has 1 unspecified atom stereocenters. The van der Waals surface area contributed by atoms with E-state index in [9.17, 15) is 22.8 Å². The molecule has 1 aromatic rings. The lowest BCUT2D eigenvalue weighted by Gasteiger charge is -2.21. The minimum absolute atomic E-state index is 0.0695. The van der Waals surface area contributed by atoms with Crippen molar-refractivity contribution in [2.75, 3.05) is 6.61 Å². The molecule has 1 aliphatic rings. The van der Waals surface area contributed by atoms with Crippen LogP contribution >= 0.6 is 15.9 Å². The molecule has 0 aliphatic carbocycles. The molecule has 9 heteroatoms. The van der Waals surface area contributed by atoms with Crippen molar-refractivity contribution in [1.82, 2.24) is 5.06 Å². The predicted molar refractivity (Wildman–Crippen MR) is 72.0 cm³/mol. The molecule has 0 spiro atoms. The van der Waals surface area contributed by atoms with Crippen molar-refractivity contribution in [3.63, 3.8) is 0 Å². The monoisotopic (exact) mass is 381 g/mol. The highest BCUT2D eigenvalue weighted by molar-refractivity contribution is 9.10. The largest absolute Gasteiger partial charge is 0.445 e. The third-order valence-electron chi connectivity index (χ3n) is 2.91. The van der Waals surface area contributed by atoms with Crippen LogP contribution in [0.2, 0.25) is 0 Å². The first-order valence-corrected chi connectivity index (χ1v) is 7.13. The van der Waals surface area contributed by atoms with Crippen LogP contribution in [0.3, 0.4) is 0 Å². The van der Waals surface area contributed by atoms with E-state index in [1.165, 1.54) is 0 Å². The fourth-order valence-electron chi connectivity index (χ4n) is 1.86. The van der Waals surface area contributed by atoms with Crippen LogP contribution < -0.4 is 0 Å². The number of nitrogens with zero attached hydrogens (tertiary/aromatic N) is 1. The van der Waals surface area contributed by atoms with Gasteiger partial charge in [0.05, 0.1) is 0 Å². The van der Waals surface area contributed by atoms with Crippen LogP contribution in [0.25, 0.3) is 0 Å². The number of rotatable bonds is 4. The van der Waals surface area contributed by atoms with Crippen molar-refractivity contribution in [3.05, 3.63) is 35.9 Å². The number of cyclic esters (lactones) is 1.